The minimum absolute atomic E-state index is 0.0593. The van der Waals surface area contributed by atoms with Gasteiger partial charge < -0.3 is 14.4 Å². The van der Waals surface area contributed by atoms with Crippen LogP contribution in [0.25, 0.3) is 10.6 Å². The molecule has 1 aliphatic heterocycles. The van der Waals surface area contributed by atoms with Gasteiger partial charge in [0.25, 0.3) is 5.91 Å². The zero-order chi connectivity index (χ0) is 19.0. The molecule has 0 atom stereocenters. The molecule has 2 heterocycles. The highest BCUT2D eigenvalue weighted by atomic mass is 35.5. The Balaban J connectivity index is 1.54. The lowest BCUT2D eigenvalue weighted by atomic mass is 10.2. The summed E-state index contributed by atoms with van der Waals surface area (Å²) in [7, 11) is 1.78. The first-order valence-electron chi connectivity index (χ1n) is 8.38. The first kappa shape index (κ1) is 17.8. The zero-order valence-electron chi connectivity index (χ0n) is 14.9. The normalized spacial score (nSPS) is 12.3. The van der Waals surface area contributed by atoms with Crippen LogP contribution in [-0.4, -0.2) is 29.6 Å². The first-order valence-corrected chi connectivity index (χ1v) is 9.58. The monoisotopic (exact) mass is 400 g/mol. The summed E-state index contributed by atoms with van der Waals surface area (Å²) < 4.78 is 10.7. The number of carbonyl (C=O) groups is 1. The van der Waals surface area contributed by atoms with Gasteiger partial charge in [-0.2, -0.15) is 0 Å². The SMILES string of the molecule is Cc1nc(-c2cccc(Cl)c2)sc1C(=O)N(C)Cc1ccc2c(c1)OCO2. The van der Waals surface area contributed by atoms with Crippen molar-refractivity contribution in [3.8, 4) is 22.1 Å². The maximum Gasteiger partial charge on any atom is 0.265 e. The van der Waals surface area contributed by atoms with Crippen LogP contribution in [0.2, 0.25) is 5.02 Å². The Morgan fingerprint density at radius 3 is 2.85 bits per heavy atom. The van der Waals surface area contributed by atoms with E-state index in [4.69, 9.17) is 21.1 Å². The van der Waals surface area contributed by atoms with Gasteiger partial charge in [-0.05, 0) is 36.8 Å². The highest BCUT2D eigenvalue weighted by Crippen LogP contribution is 2.33. The van der Waals surface area contributed by atoms with Crippen molar-refractivity contribution >= 4 is 28.8 Å². The van der Waals surface area contributed by atoms with Crippen molar-refractivity contribution < 1.29 is 14.3 Å². The van der Waals surface area contributed by atoms with Crippen LogP contribution in [0.1, 0.15) is 20.9 Å². The van der Waals surface area contributed by atoms with Gasteiger partial charge in [0.1, 0.15) is 9.88 Å². The standard InChI is InChI=1S/C20H17ClN2O3S/c1-12-18(27-19(22-12)14-4-3-5-15(21)9-14)20(24)23(2)10-13-6-7-16-17(8-13)26-11-25-16/h3-9H,10-11H2,1-2H3. The average molecular weight is 401 g/mol. The number of aromatic nitrogens is 1. The molecule has 0 saturated carbocycles. The summed E-state index contributed by atoms with van der Waals surface area (Å²) in [6, 6.07) is 13.2. The Hall–Kier alpha value is -2.57. The van der Waals surface area contributed by atoms with Crippen molar-refractivity contribution in [2.75, 3.05) is 13.8 Å². The number of nitrogens with zero attached hydrogens (tertiary/aromatic N) is 2. The molecule has 3 aromatic rings. The van der Waals surface area contributed by atoms with E-state index in [0.717, 1.165) is 27.6 Å². The van der Waals surface area contributed by atoms with E-state index in [-0.39, 0.29) is 12.7 Å². The molecule has 0 saturated heterocycles. The molecule has 1 amide bonds. The Morgan fingerprint density at radius 2 is 2.04 bits per heavy atom. The van der Waals surface area contributed by atoms with Gasteiger partial charge in [-0.25, -0.2) is 4.98 Å². The van der Waals surface area contributed by atoms with Gasteiger partial charge >= 0.3 is 0 Å². The maximum atomic E-state index is 12.9. The highest BCUT2D eigenvalue weighted by molar-refractivity contribution is 7.17. The molecule has 27 heavy (non-hydrogen) atoms. The molecule has 138 valence electrons. The van der Waals surface area contributed by atoms with Crippen LogP contribution in [0.15, 0.2) is 42.5 Å². The topological polar surface area (TPSA) is 51.7 Å². The summed E-state index contributed by atoms with van der Waals surface area (Å²) >= 11 is 7.45. The van der Waals surface area contributed by atoms with Crippen LogP contribution >= 0.6 is 22.9 Å². The largest absolute Gasteiger partial charge is 0.454 e. The lowest BCUT2D eigenvalue weighted by Gasteiger charge is -2.16. The third-order valence-electron chi connectivity index (χ3n) is 4.27. The molecule has 5 nitrogen and oxygen atoms in total. The Labute approximate surface area is 166 Å². The van der Waals surface area contributed by atoms with Crippen LogP contribution in [0.4, 0.5) is 0 Å². The fraction of sp³-hybridized carbons (Fsp3) is 0.200. The van der Waals surface area contributed by atoms with Gasteiger partial charge in [0.15, 0.2) is 11.5 Å². The predicted molar refractivity (Wildman–Crippen MR) is 106 cm³/mol. The highest BCUT2D eigenvalue weighted by Gasteiger charge is 2.21. The van der Waals surface area contributed by atoms with Crippen molar-refractivity contribution in [3.63, 3.8) is 0 Å². The molecule has 0 aliphatic carbocycles. The van der Waals surface area contributed by atoms with Crippen LogP contribution in [0.3, 0.4) is 0 Å². The van der Waals surface area contributed by atoms with Crippen molar-refractivity contribution in [2.24, 2.45) is 0 Å². The molecule has 0 bridgehead atoms. The van der Waals surface area contributed by atoms with E-state index in [1.807, 2.05) is 49.4 Å². The number of aryl methyl sites for hydroxylation is 1. The number of amides is 1. The molecule has 1 aromatic heterocycles. The van der Waals surface area contributed by atoms with E-state index in [1.165, 1.54) is 11.3 Å². The van der Waals surface area contributed by atoms with E-state index >= 15 is 0 Å². The lowest BCUT2D eigenvalue weighted by molar-refractivity contribution is 0.0789. The molecule has 4 rings (SSSR count). The number of halogens is 1. The van der Waals surface area contributed by atoms with Gasteiger partial charge in [0.2, 0.25) is 6.79 Å². The number of rotatable bonds is 4. The van der Waals surface area contributed by atoms with Crippen molar-refractivity contribution in [2.45, 2.75) is 13.5 Å². The van der Waals surface area contributed by atoms with E-state index < -0.39 is 0 Å². The fourth-order valence-corrected chi connectivity index (χ4v) is 4.15. The summed E-state index contributed by atoms with van der Waals surface area (Å²) in [6.07, 6.45) is 0. The maximum absolute atomic E-state index is 12.9. The molecule has 0 unspecified atom stereocenters. The number of hydrogen-bond acceptors (Lipinski definition) is 5. The second kappa shape index (κ2) is 7.21. The van der Waals surface area contributed by atoms with E-state index in [0.29, 0.717) is 22.2 Å². The van der Waals surface area contributed by atoms with Crippen molar-refractivity contribution in [1.29, 1.82) is 0 Å². The van der Waals surface area contributed by atoms with Crippen LogP contribution < -0.4 is 9.47 Å². The summed E-state index contributed by atoms with van der Waals surface area (Å²) in [6.45, 7) is 2.56. The number of thiazole rings is 1. The summed E-state index contributed by atoms with van der Waals surface area (Å²) in [4.78, 5) is 19.8. The molecule has 0 N–H and O–H groups in total. The fourth-order valence-electron chi connectivity index (χ4n) is 2.90. The molecular weight excluding hydrogens is 384 g/mol. The van der Waals surface area contributed by atoms with E-state index in [9.17, 15) is 4.79 Å². The third kappa shape index (κ3) is 3.63. The molecule has 1 aliphatic rings. The Bertz CT molecular complexity index is 1020. The van der Waals surface area contributed by atoms with E-state index in [1.54, 1.807) is 11.9 Å². The second-order valence-electron chi connectivity index (χ2n) is 6.29. The van der Waals surface area contributed by atoms with Gasteiger partial charge in [-0.1, -0.05) is 29.8 Å². The molecule has 2 aromatic carbocycles. The van der Waals surface area contributed by atoms with E-state index in [2.05, 4.69) is 4.98 Å². The number of benzene rings is 2. The number of ether oxygens (including phenoxy) is 2. The minimum Gasteiger partial charge on any atom is -0.454 e. The quantitative estimate of drug-likeness (QED) is 0.632. The molecule has 0 fully saturated rings. The minimum atomic E-state index is -0.0593. The zero-order valence-corrected chi connectivity index (χ0v) is 16.4. The summed E-state index contributed by atoms with van der Waals surface area (Å²) in [5.74, 6) is 1.39. The third-order valence-corrected chi connectivity index (χ3v) is 5.70. The van der Waals surface area contributed by atoms with Crippen LogP contribution in [0, 0.1) is 6.92 Å². The molecule has 0 spiro atoms. The van der Waals surface area contributed by atoms with Gasteiger partial charge in [-0.3, -0.25) is 4.79 Å². The predicted octanol–water partition coefficient (Wildman–Crippen LogP) is 4.77. The molecule has 7 heteroatoms. The first-order chi connectivity index (χ1) is 13.0. The van der Waals surface area contributed by atoms with Crippen LogP contribution in [0.5, 0.6) is 11.5 Å². The summed E-state index contributed by atoms with van der Waals surface area (Å²) in [5, 5.41) is 1.43. The summed E-state index contributed by atoms with van der Waals surface area (Å²) in [5.41, 5.74) is 2.61. The molecular formula is C20H17ClN2O3S. The average Bonchev–Trinajstić information content (AvgIpc) is 3.27. The van der Waals surface area contributed by atoms with Crippen molar-refractivity contribution in [3.05, 3.63) is 63.6 Å². The van der Waals surface area contributed by atoms with Crippen LogP contribution in [-0.2, 0) is 6.54 Å². The number of carbonyl (C=O) groups excluding carboxylic acids is 1. The smallest absolute Gasteiger partial charge is 0.265 e. The van der Waals surface area contributed by atoms with Gasteiger partial charge in [0.05, 0.1) is 5.69 Å². The Kier molecular flexibility index (Phi) is 4.76. The Morgan fingerprint density at radius 1 is 1.22 bits per heavy atom. The number of fused-ring (bicyclic) bond motifs is 1. The van der Waals surface area contributed by atoms with Gasteiger partial charge in [0, 0.05) is 24.2 Å². The second-order valence-corrected chi connectivity index (χ2v) is 7.73. The number of hydrogen-bond donors (Lipinski definition) is 0. The molecule has 0 radical (unpaired) electrons. The lowest BCUT2D eigenvalue weighted by Crippen LogP contribution is -2.26. The van der Waals surface area contributed by atoms with Crippen molar-refractivity contribution in [1.82, 2.24) is 9.88 Å². The van der Waals surface area contributed by atoms with Gasteiger partial charge in [-0.15, -0.1) is 11.3 Å².